The molecule has 4 aliphatic carbocycles. The molecule has 3 heteroatoms. The molecule has 0 unspecified atom stereocenters. The molecule has 0 aliphatic heterocycles. The van der Waals surface area contributed by atoms with E-state index in [0.29, 0.717) is 29.6 Å². The molecular formula is C21H34O3. The van der Waals surface area contributed by atoms with E-state index in [2.05, 4.69) is 13.8 Å². The Labute approximate surface area is 146 Å². The van der Waals surface area contributed by atoms with Crippen molar-refractivity contribution >= 4 is 5.78 Å². The number of Topliss-reactive ketones (excluding diaryl/α,β-unsaturated/α-hetero) is 1. The highest BCUT2D eigenvalue weighted by Gasteiger charge is 2.60. The Morgan fingerprint density at radius 3 is 2.58 bits per heavy atom. The summed E-state index contributed by atoms with van der Waals surface area (Å²) in [6.07, 6.45) is 8.82. The first-order chi connectivity index (χ1) is 11.4. The molecule has 0 heterocycles. The number of ether oxygens (including phenoxy) is 1. The Hall–Kier alpha value is -0.410. The van der Waals surface area contributed by atoms with Gasteiger partial charge in [-0.3, -0.25) is 4.79 Å². The van der Waals surface area contributed by atoms with Crippen molar-refractivity contribution in [3.8, 4) is 0 Å². The number of aliphatic hydroxyl groups is 1. The van der Waals surface area contributed by atoms with Crippen molar-refractivity contribution in [2.24, 2.45) is 40.4 Å². The second kappa shape index (κ2) is 5.81. The average molecular weight is 335 g/mol. The third-order valence-electron chi connectivity index (χ3n) is 8.97. The van der Waals surface area contributed by atoms with Crippen LogP contribution in [0, 0.1) is 40.4 Å². The molecule has 3 nitrogen and oxygen atoms in total. The number of hydrogen-bond acceptors (Lipinski definition) is 3. The number of ketones is 1. The van der Waals surface area contributed by atoms with Crippen LogP contribution in [0.5, 0.6) is 0 Å². The van der Waals surface area contributed by atoms with Gasteiger partial charge in [-0.2, -0.15) is 0 Å². The fourth-order valence-corrected chi connectivity index (χ4v) is 7.57. The Morgan fingerprint density at radius 2 is 1.83 bits per heavy atom. The molecule has 4 fully saturated rings. The summed E-state index contributed by atoms with van der Waals surface area (Å²) in [5, 5.41) is 10.6. The summed E-state index contributed by atoms with van der Waals surface area (Å²) in [7, 11) is 1.72. The van der Waals surface area contributed by atoms with E-state index in [9.17, 15) is 9.90 Å². The van der Waals surface area contributed by atoms with Gasteiger partial charge in [-0.25, -0.2) is 0 Å². The molecule has 0 radical (unpaired) electrons. The molecule has 24 heavy (non-hydrogen) atoms. The lowest BCUT2D eigenvalue weighted by Crippen LogP contribution is -2.55. The van der Waals surface area contributed by atoms with Gasteiger partial charge in [0, 0.05) is 19.4 Å². The van der Waals surface area contributed by atoms with Crippen molar-refractivity contribution in [1.29, 1.82) is 0 Å². The summed E-state index contributed by atoms with van der Waals surface area (Å²) in [6, 6.07) is 0. The highest BCUT2D eigenvalue weighted by atomic mass is 16.5. The number of carbonyl (C=O) groups is 1. The lowest BCUT2D eigenvalue weighted by Gasteiger charge is -2.60. The topological polar surface area (TPSA) is 46.5 Å². The zero-order chi connectivity index (χ0) is 17.1. The third-order valence-corrected chi connectivity index (χ3v) is 8.97. The minimum absolute atomic E-state index is 0.0943. The molecule has 0 saturated heterocycles. The Balaban J connectivity index is 1.61. The van der Waals surface area contributed by atoms with Crippen molar-refractivity contribution in [2.45, 2.75) is 71.3 Å². The van der Waals surface area contributed by atoms with Crippen LogP contribution in [0.15, 0.2) is 0 Å². The van der Waals surface area contributed by atoms with Crippen LogP contribution in [-0.2, 0) is 9.53 Å². The number of carbonyl (C=O) groups excluding carboxylic acids is 1. The van der Waals surface area contributed by atoms with Crippen LogP contribution in [0.25, 0.3) is 0 Å². The molecule has 8 atom stereocenters. The van der Waals surface area contributed by atoms with Crippen LogP contribution in [0.1, 0.15) is 65.2 Å². The van der Waals surface area contributed by atoms with Crippen molar-refractivity contribution in [2.75, 3.05) is 13.7 Å². The smallest absolute Gasteiger partial charge is 0.138 e. The van der Waals surface area contributed by atoms with E-state index >= 15 is 0 Å². The first-order valence-electron chi connectivity index (χ1n) is 10.1. The van der Waals surface area contributed by atoms with E-state index in [1.165, 1.54) is 32.1 Å². The predicted molar refractivity (Wildman–Crippen MR) is 93.5 cm³/mol. The maximum atomic E-state index is 12.5. The first kappa shape index (κ1) is 17.0. The molecule has 4 saturated carbocycles. The van der Waals surface area contributed by atoms with Crippen LogP contribution < -0.4 is 0 Å². The van der Waals surface area contributed by atoms with Crippen molar-refractivity contribution in [3.63, 3.8) is 0 Å². The maximum Gasteiger partial charge on any atom is 0.138 e. The van der Waals surface area contributed by atoms with Gasteiger partial charge >= 0.3 is 0 Å². The molecule has 0 spiro atoms. The van der Waals surface area contributed by atoms with E-state index in [1.807, 2.05) is 0 Å². The second-order valence-electron chi connectivity index (χ2n) is 9.82. The van der Waals surface area contributed by atoms with E-state index in [0.717, 1.165) is 31.1 Å². The zero-order valence-corrected chi connectivity index (χ0v) is 15.6. The molecule has 136 valence electrons. The van der Waals surface area contributed by atoms with E-state index in [1.54, 1.807) is 7.11 Å². The summed E-state index contributed by atoms with van der Waals surface area (Å²) in [5.74, 6) is 3.33. The van der Waals surface area contributed by atoms with Crippen molar-refractivity contribution in [1.82, 2.24) is 0 Å². The number of fused-ring (bicyclic) bond motifs is 5. The lowest BCUT2D eigenvalue weighted by molar-refractivity contribution is -0.152. The van der Waals surface area contributed by atoms with Gasteiger partial charge in [-0.1, -0.05) is 13.8 Å². The normalized spacial score (nSPS) is 54.1. The maximum absolute atomic E-state index is 12.5. The third kappa shape index (κ3) is 2.26. The summed E-state index contributed by atoms with van der Waals surface area (Å²) < 4.78 is 5.36. The largest absolute Gasteiger partial charge is 0.393 e. The molecule has 0 aromatic rings. The molecule has 0 bridgehead atoms. The van der Waals surface area contributed by atoms with Crippen LogP contribution >= 0.6 is 0 Å². The van der Waals surface area contributed by atoms with Gasteiger partial charge in [0.25, 0.3) is 0 Å². The summed E-state index contributed by atoms with van der Waals surface area (Å²) >= 11 is 0. The Bertz CT molecular complexity index is 517. The summed E-state index contributed by atoms with van der Waals surface area (Å²) in [5.41, 5.74) is 0.454. The number of rotatable bonds is 2. The Kier molecular flexibility index (Phi) is 4.12. The number of hydrogen-bond donors (Lipinski definition) is 1. The second-order valence-corrected chi connectivity index (χ2v) is 9.82. The molecule has 0 amide bonds. The van der Waals surface area contributed by atoms with Gasteiger partial charge in [0.15, 0.2) is 0 Å². The molecule has 0 aromatic carbocycles. The van der Waals surface area contributed by atoms with Crippen molar-refractivity contribution < 1.29 is 14.6 Å². The monoisotopic (exact) mass is 334 g/mol. The zero-order valence-electron chi connectivity index (χ0n) is 15.6. The molecule has 0 aromatic heterocycles. The van der Waals surface area contributed by atoms with Gasteiger partial charge in [-0.15, -0.1) is 0 Å². The SMILES string of the molecule is COC[C@@H]1C[C@@]2(C)[C@@H](CC[C@@H]3[C@@H]2CC[C@]2(C)[C@@H](O)CC[C@@H]32)CC1=O. The fraction of sp³-hybridized carbons (Fsp3) is 0.952. The number of aliphatic hydroxyl groups excluding tert-OH is 1. The Morgan fingerprint density at radius 1 is 1.08 bits per heavy atom. The van der Waals surface area contributed by atoms with Gasteiger partial charge < -0.3 is 9.84 Å². The van der Waals surface area contributed by atoms with Gasteiger partial charge in [0.05, 0.1) is 12.7 Å². The first-order valence-corrected chi connectivity index (χ1v) is 10.1. The van der Waals surface area contributed by atoms with Crippen molar-refractivity contribution in [3.05, 3.63) is 0 Å². The highest BCUT2D eigenvalue weighted by molar-refractivity contribution is 5.82. The standard InChI is InChI=1S/C21H34O3/c1-20-9-8-17-15(16(20)6-7-19(20)23)5-4-14-10-18(22)13(12-24-3)11-21(14,17)2/h13-17,19,23H,4-12H2,1-3H3/t13-,14-,15-,16-,17-,19-,20-,21-/m0/s1. The molecule has 4 aliphatic rings. The van der Waals surface area contributed by atoms with Crippen LogP contribution in [0.2, 0.25) is 0 Å². The van der Waals surface area contributed by atoms with Crippen LogP contribution in [0.3, 0.4) is 0 Å². The predicted octanol–water partition coefficient (Wildman–Crippen LogP) is 3.83. The van der Waals surface area contributed by atoms with Crippen LogP contribution in [-0.4, -0.2) is 30.7 Å². The minimum atomic E-state index is -0.0943. The van der Waals surface area contributed by atoms with Gasteiger partial charge in [0.1, 0.15) is 5.78 Å². The van der Waals surface area contributed by atoms with Gasteiger partial charge in [0.2, 0.25) is 0 Å². The fourth-order valence-electron chi connectivity index (χ4n) is 7.57. The lowest BCUT2D eigenvalue weighted by atomic mass is 9.44. The molecule has 4 rings (SSSR count). The highest BCUT2D eigenvalue weighted by Crippen LogP contribution is 2.66. The summed E-state index contributed by atoms with van der Waals surface area (Å²) in [6.45, 7) is 5.42. The number of methoxy groups -OCH3 is 1. The van der Waals surface area contributed by atoms with Crippen LogP contribution in [0.4, 0.5) is 0 Å². The average Bonchev–Trinajstić information content (AvgIpc) is 2.85. The van der Waals surface area contributed by atoms with E-state index < -0.39 is 0 Å². The molecular weight excluding hydrogens is 300 g/mol. The van der Waals surface area contributed by atoms with E-state index in [4.69, 9.17) is 4.74 Å². The van der Waals surface area contributed by atoms with Gasteiger partial charge in [-0.05, 0) is 79.4 Å². The quantitative estimate of drug-likeness (QED) is 0.835. The minimum Gasteiger partial charge on any atom is -0.393 e. The molecule has 1 N–H and O–H groups in total. The summed E-state index contributed by atoms with van der Waals surface area (Å²) in [4.78, 5) is 12.5. The van der Waals surface area contributed by atoms with E-state index in [-0.39, 0.29) is 17.4 Å².